The fourth-order valence-electron chi connectivity index (χ4n) is 1.91. The number of thiazole rings is 1. The van der Waals surface area contributed by atoms with Crippen LogP contribution >= 0.6 is 11.3 Å². The van der Waals surface area contributed by atoms with Crippen LogP contribution in [0.1, 0.15) is 22.6 Å². The van der Waals surface area contributed by atoms with Gasteiger partial charge in [0, 0.05) is 30.8 Å². The third-order valence-electron chi connectivity index (χ3n) is 2.62. The number of nitrogens with one attached hydrogen (secondary N) is 1. The number of Topliss-reactive ketones (excluding diaryl/α,β-unsaturated/α-hetero) is 1. The van der Waals surface area contributed by atoms with Crippen molar-refractivity contribution in [3.63, 3.8) is 0 Å². The first-order chi connectivity index (χ1) is 7.74. The molecule has 0 fully saturated rings. The maximum absolute atomic E-state index is 11.7. The van der Waals surface area contributed by atoms with E-state index in [-0.39, 0.29) is 11.8 Å². The maximum atomic E-state index is 11.7. The summed E-state index contributed by atoms with van der Waals surface area (Å²) in [6.07, 6.45) is 2.81. The molecule has 3 rings (SSSR count). The number of aromatic amines is 1. The van der Waals surface area contributed by atoms with E-state index in [0.717, 1.165) is 16.4 Å². The highest BCUT2D eigenvalue weighted by atomic mass is 32.1. The molecular weight excluding hydrogens is 224 g/mol. The lowest BCUT2D eigenvalue weighted by Gasteiger charge is -2.14. The first-order valence-corrected chi connectivity index (χ1v) is 5.88. The number of hydrogen-bond acceptors (Lipinski definition) is 5. The number of ketones is 1. The minimum Gasteiger partial charge on any atom is -0.340 e. The molecule has 1 atom stereocenters. The summed E-state index contributed by atoms with van der Waals surface area (Å²) in [4.78, 5) is 24.1. The molecule has 1 aliphatic carbocycles. The third kappa shape index (κ3) is 1.46. The van der Waals surface area contributed by atoms with Crippen LogP contribution in [0.3, 0.4) is 0 Å². The number of imidazole rings is 1. The molecule has 6 heteroatoms. The zero-order valence-electron chi connectivity index (χ0n) is 8.43. The zero-order valence-corrected chi connectivity index (χ0v) is 9.25. The van der Waals surface area contributed by atoms with E-state index < -0.39 is 0 Å². The molecule has 0 aliphatic heterocycles. The van der Waals surface area contributed by atoms with Crippen LogP contribution in [0.2, 0.25) is 0 Å². The SMILES string of the molecule is NC1CC(=O)c2nc(-c3cncs3)[nH]c2C1. The van der Waals surface area contributed by atoms with Gasteiger partial charge in [-0.05, 0) is 0 Å². The predicted octanol–water partition coefficient (Wildman–Crippen LogP) is 0.989. The van der Waals surface area contributed by atoms with Crippen LogP contribution in [0.25, 0.3) is 10.7 Å². The number of hydrogen-bond donors (Lipinski definition) is 2. The Hall–Kier alpha value is -1.53. The monoisotopic (exact) mass is 234 g/mol. The molecule has 2 heterocycles. The van der Waals surface area contributed by atoms with Gasteiger partial charge in [-0.25, -0.2) is 4.98 Å². The number of nitrogens with two attached hydrogens (primary N) is 1. The summed E-state index contributed by atoms with van der Waals surface area (Å²) in [6.45, 7) is 0. The van der Waals surface area contributed by atoms with Gasteiger partial charge in [0.1, 0.15) is 11.5 Å². The summed E-state index contributed by atoms with van der Waals surface area (Å²) in [6, 6.07) is -0.0882. The van der Waals surface area contributed by atoms with Crippen LogP contribution in [-0.2, 0) is 6.42 Å². The van der Waals surface area contributed by atoms with Crippen LogP contribution in [0, 0.1) is 0 Å². The Bertz CT molecular complexity index is 531. The molecule has 0 saturated carbocycles. The fourth-order valence-corrected chi connectivity index (χ4v) is 2.47. The number of carbonyl (C=O) groups is 1. The van der Waals surface area contributed by atoms with Crippen molar-refractivity contribution in [3.05, 3.63) is 23.1 Å². The Morgan fingerprint density at radius 2 is 2.38 bits per heavy atom. The average Bonchev–Trinajstić information content (AvgIpc) is 2.82. The largest absolute Gasteiger partial charge is 0.340 e. The van der Waals surface area contributed by atoms with Gasteiger partial charge in [0.25, 0.3) is 0 Å². The van der Waals surface area contributed by atoms with Gasteiger partial charge in [-0.15, -0.1) is 11.3 Å². The lowest BCUT2D eigenvalue weighted by molar-refractivity contribution is 0.0960. The first-order valence-electron chi connectivity index (χ1n) is 5.00. The van der Waals surface area contributed by atoms with Gasteiger partial charge in [0.15, 0.2) is 5.78 Å². The van der Waals surface area contributed by atoms with E-state index >= 15 is 0 Å². The van der Waals surface area contributed by atoms with E-state index in [1.807, 2.05) is 0 Å². The Labute approximate surface area is 95.7 Å². The molecule has 3 N–H and O–H groups in total. The Morgan fingerprint density at radius 1 is 1.50 bits per heavy atom. The Morgan fingerprint density at radius 3 is 3.12 bits per heavy atom. The van der Waals surface area contributed by atoms with E-state index in [4.69, 9.17) is 5.73 Å². The highest BCUT2D eigenvalue weighted by Gasteiger charge is 2.26. The number of carbonyl (C=O) groups excluding carboxylic acids is 1. The standard InChI is InChI=1S/C10H10N4OS/c11-5-1-6-9(7(15)2-5)14-10(13-6)8-3-12-4-16-8/h3-5H,1-2,11H2,(H,13,14). The molecule has 82 valence electrons. The van der Waals surface area contributed by atoms with Crippen molar-refractivity contribution < 1.29 is 4.79 Å². The molecule has 2 aromatic heterocycles. The minimum absolute atomic E-state index is 0.0285. The van der Waals surface area contributed by atoms with Crippen molar-refractivity contribution in [2.24, 2.45) is 5.73 Å². The topological polar surface area (TPSA) is 84.7 Å². The highest BCUT2D eigenvalue weighted by Crippen LogP contribution is 2.25. The molecule has 0 aromatic carbocycles. The maximum Gasteiger partial charge on any atom is 0.184 e. The summed E-state index contributed by atoms with van der Waals surface area (Å²) in [5, 5.41) is 0. The smallest absolute Gasteiger partial charge is 0.184 e. The van der Waals surface area contributed by atoms with Crippen molar-refractivity contribution in [1.29, 1.82) is 0 Å². The van der Waals surface area contributed by atoms with Crippen LogP contribution in [0.15, 0.2) is 11.7 Å². The van der Waals surface area contributed by atoms with Crippen LogP contribution in [0.4, 0.5) is 0 Å². The second-order valence-corrected chi connectivity index (χ2v) is 4.76. The van der Waals surface area contributed by atoms with Gasteiger partial charge in [0.05, 0.1) is 10.4 Å². The second kappa shape index (κ2) is 3.50. The molecule has 0 bridgehead atoms. The Balaban J connectivity index is 2.07. The molecule has 2 aromatic rings. The van der Waals surface area contributed by atoms with Crippen LogP contribution in [-0.4, -0.2) is 26.8 Å². The zero-order chi connectivity index (χ0) is 11.1. The van der Waals surface area contributed by atoms with E-state index in [2.05, 4.69) is 15.0 Å². The van der Waals surface area contributed by atoms with E-state index in [1.54, 1.807) is 11.7 Å². The summed E-state index contributed by atoms with van der Waals surface area (Å²) < 4.78 is 0. The van der Waals surface area contributed by atoms with Crippen molar-refractivity contribution >= 4 is 17.1 Å². The average molecular weight is 234 g/mol. The van der Waals surface area contributed by atoms with Gasteiger partial charge >= 0.3 is 0 Å². The van der Waals surface area contributed by atoms with Crippen molar-refractivity contribution in [2.75, 3.05) is 0 Å². The predicted molar refractivity (Wildman–Crippen MR) is 60.3 cm³/mol. The van der Waals surface area contributed by atoms with Gasteiger partial charge < -0.3 is 10.7 Å². The van der Waals surface area contributed by atoms with Crippen molar-refractivity contribution in [1.82, 2.24) is 15.0 Å². The number of nitrogens with zero attached hydrogens (tertiary/aromatic N) is 2. The molecule has 5 nitrogen and oxygen atoms in total. The summed E-state index contributed by atoms with van der Waals surface area (Å²) >= 11 is 1.49. The van der Waals surface area contributed by atoms with Gasteiger partial charge in [-0.1, -0.05) is 0 Å². The summed E-state index contributed by atoms with van der Waals surface area (Å²) in [7, 11) is 0. The van der Waals surface area contributed by atoms with Crippen molar-refractivity contribution in [2.45, 2.75) is 18.9 Å². The molecule has 0 amide bonds. The summed E-state index contributed by atoms with van der Waals surface area (Å²) in [5.74, 6) is 0.746. The fraction of sp³-hybridized carbons (Fsp3) is 0.300. The molecule has 1 unspecified atom stereocenters. The summed E-state index contributed by atoms with van der Waals surface area (Å²) in [5.41, 5.74) is 8.93. The van der Waals surface area contributed by atoms with Gasteiger partial charge in [0.2, 0.25) is 0 Å². The van der Waals surface area contributed by atoms with E-state index in [0.29, 0.717) is 18.5 Å². The lowest BCUT2D eigenvalue weighted by Crippen LogP contribution is -2.31. The van der Waals surface area contributed by atoms with Gasteiger partial charge in [-0.2, -0.15) is 0 Å². The van der Waals surface area contributed by atoms with Crippen LogP contribution in [0.5, 0.6) is 0 Å². The van der Waals surface area contributed by atoms with Crippen LogP contribution < -0.4 is 5.73 Å². The normalized spacial score (nSPS) is 19.8. The minimum atomic E-state index is -0.0882. The number of rotatable bonds is 1. The lowest BCUT2D eigenvalue weighted by atomic mass is 9.96. The number of H-pyrrole nitrogens is 1. The molecule has 0 saturated heterocycles. The first kappa shape index (κ1) is 9.68. The second-order valence-electron chi connectivity index (χ2n) is 3.87. The quantitative estimate of drug-likeness (QED) is 0.770. The number of aromatic nitrogens is 3. The molecule has 1 aliphatic rings. The highest BCUT2D eigenvalue weighted by molar-refractivity contribution is 7.13. The third-order valence-corrected chi connectivity index (χ3v) is 3.40. The molecule has 0 radical (unpaired) electrons. The van der Waals surface area contributed by atoms with E-state index in [1.165, 1.54) is 11.3 Å². The molecular formula is C10H10N4OS. The van der Waals surface area contributed by atoms with Gasteiger partial charge in [-0.3, -0.25) is 9.78 Å². The molecule has 16 heavy (non-hydrogen) atoms. The Kier molecular flexibility index (Phi) is 2.12. The van der Waals surface area contributed by atoms with Crippen molar-refractivity contribution in [3.8, 4) is 10.7 Å². The molecule has 0 spiro atoms. The number of fused-ring (bicyclic) bond motifs is 1. The van der Waals surface area contributed by atoms with E-state index in [9.17, 15) is 4.79 Å².